The van der Waals surface area contributed by atoms with Crippen LogP contribution in [-0.4, -0.2) is 32.1 Å². The highest BCUT2D eigenvalue weighted by atomic mass is 32.2. The maximum Gasteiger partial charge on any atom is 0.165 e. The van der Waals surface area contributed by atoms with Gasteiger partial charge in [0.25, 0.3) is 0 Å². The van der Waals surface area contributed by atoms with Crippen LogP contribution in [0.2, 0.25) is 0 Å². The van der Waals surface area contributed by atoms with Crippen LogP contribution in [0.5, 0.6) is 0 Å². The van der Waals surface area contributed by atoms with E-state index in [0.29, 0.717) is 0 Å². The predicted molar refractivity (Wildman–Crippen MR) is 88.3 cm³/mol. The predicted octanol–water partition coefficient (Wildman–Crippen LogP) is 2.56. The van der Waals surface area contributed by atoms with Gasteiger partial charge in [-0.25, -0.2) is 4.98 Å². The fraction of sp³-hybridized carbons (Fsp3) is 0.250. The lowest BCUT2D eigenvalue weighted by Crippen LogP contribution is -2.28. The monoisotopic (exact) mass is 311 g/mol. The number of nitrogens with one attached hydrogen (secondary N) is 1. The zero-order chi connectivity index (χ0) is 14.9. The number of aromatic nitrogens is 4. The summed E-state index contributed by atoms with van der Waals surface area (Å²) in [6.07, 6.45) is 5.90. The van der Waals surface area contributed by atoms with Crippen LogP contribution < -0.4 is 5.32 Å². The Hall–Kier alpha value is -2.05. The maximum absolute atomic E-state index is 4.70. The molecule has 0 bridgehead atoms. The summed E-state index contributed by atoms with van der Waals surface area (Å²) in [5.41, 5.74) is 3.25. The molecule has 6 heteroatoms. The van der Waals surface area contributed by atoms with E-state index in [0.717, 1.165) is 36.8 Å². The van der Waals surface area contributed by atoms with Crippen LogP contribution >= 0.6 is 11.8 Å². The van der Waals surface area contributed by atoms with E-state index in [-0.39, 0.29) is 0 Å². The van der Waals surface area contributed by atoms with Crippen molar-refractivity contribution in [3.63, 3.8) is 0 Å². The molecule has 0 atom stereocenters. The van der Waals surface area contributed by atoms with Crippen molar-refractivity contribution in [2.24, 2.45) is 0 Å². The average Bonchev–Trinajstić information content (AvgIpc) is 3.21. The average molecular weight is 311 g/mol. The van der Waals surface area contributed by atoms with Gasteiger partial charge in [-0.15, -0.1) is 11.8 Å². The second kappa shape index (κ2) is 5.62. The normalized spacial score (nSPS) is 14.0. The van der Waals surface area contributed by atoms with Gasteiger partial charge >= 0.3 is 0 Å². The molecule has 0 unspecified atom stereocenters. The van der Waals surface area contributed by atoms with Gasteiger partial charge in [-0.05, 0) is 36.6 Å². The largest absolute Gasteiger partial charge is 0.309 e. The summed E-state index contributed by atoms with van der Waals surface area (Å²) in [5.74, 6) is 0.888. The van der Waals surface area contributed by atoms with Crippen LogP contribution in [0.1, 0.15) is 5.69 Å². The van der Waals surface area contributed by atoms with E-state index in [1.54, 1.807) is 11.8 Å². The van der Waals surface area contributed by atoms with E-state index in [1.165, 1.54) is 10.6 Å². The molecule has 0 radical (unpaired) electrons. The third-order valence-corrected chi connectivity index (χ3v) is 4.63. The standard InChI is InChI=1S/C16H17N5S/c1-22-14-4-2-12(3-5-14)20-8-7-18-16(20)15-10-13-11-17-6-9-21(13)19-15/h2-5,7-8,10,17H,6,9,11H2,1H3. The number of benzene rings is 1. The summed E-state index contributed by atoms with van der Waals surface area (Å²) in [6, 6.07) is 10.6. The first-order valence-electron chi connectivity index (χ1n) is 7.31. The van der Waals surface area contributed by atoms with Gasteiger partial charge in [0.2, 0.25) is 0 Å². The SMILES string of the molecule is CSc1ccc(-n2ccnc2-c2cc3n(n2)CCNC3)cc1. The topological polar surface area (TPSA) is 47.7 Å². The zero-order valence-electron chi connectivity index (χ0n) is 12.4. The van der Waals surface area contributed by atoms with Gasteiger partial charge in [0, 0.05) is 36.1 Å². The lowest BCUT2D eigenvalue weighted by atomic mass is 10.3. The Kier molecular flexibility index (Phi) is 3.48. The summed E-state index contributed by atoms with van der Waals surface area (Å²) in [4.78, 5) is 5.77. The maximum atomic E-state index is 4.70. The first kappa shape index (κ1) is 13.6. The van der Waals surface area contributed by atoms with Crippen LogP contribution in [0.25, 0.3) is 17.2 Å². The Morgan fingerprint density at radius 3 is 2.86 bits per heavy atom. The number of rotatable bonds is 3. The lowest BCUT2D eigenvalue weighted by Gasteiger charge is -2.13. The number of imidazole rings is 1. The first-order chi connectivity index (χ1) is 10.8. The van der Waals surface area contributed by atoms with E-state index in [2.05, 4.69) is 56.1 Å². The highest BCUT2D eigenvalue weighted by Crippen LogP contribution is 2.23. The van der Waals surface area contributed by atoms with E-state index in [4.69, 9.17) is 5.10 Å². The van der Waals surface area contributed by atoms with Crippen molar-refractivity contribution in [2.75, 3.05) is 12.8 Å². The smallest absolute Gasteiger partial charge is 0.165 e. The van der Waals surface area contributed by atoms with Crippen LogP contribution in [-0.2, 0) is 13.1 Å². The summed E-state index contributed by atoms with van der Waals surface area (Å²) >= 11 is 1.75. The van der Waals surface area contributed by atoms with Crippen molar-refractivity contribution >= 4 is 11.8 Å². The van der Waals surface area contributed by atoms with Crippen LogP contribution in [0.4, 0.5) is 0 Å². The molecule has 5 nitrogen and oxygen atoms in total. The molecule has 0 saturated carbocycles. The molecule has 0 aliphatic carbocycles. The van der Waals surface area contributed by atoms with Crippen molar-refractivity contribution in [1.82, 2.24) is 24.6 Å². The Bertz CT molecular complexity index is 764. The minimum Gasteiger partial charge on any atom is -0.309 e. The molecule has 1 aromatic carbocycles. The van der Waals surface area contributed by atoms with E-state index in [9.17, 15) is 0 Å². The second-order valence-electron chi connectivity index (χ2n) is 5.24. The summed E-state index contributed by atoms with van der Waals surface area (Å²) in [7, 11) is 0. The summed E-state index contributed by atoms with van der Waals surface area (Å²) in [5, 5.41) is 8.07. The van der Waals surface area contributed by atoms with Crippen molar-refractivity contribution in [2.45, 2.75) is 18.0 Å². The van der Waals surface area contributed by atoms with E-state index in [1.807, 2.05) is 12.4 Å². The number of fused-ring (bicyclic) bond motifs is 1. The van der Waals surface area contributed by atoms with Gasteiger partial charge in [-0.2, -0.15) is 5.10 Å². The third-order valence-electron chi connectivity index (χ3n) is 3.89. The highest BCUT2D eigenvalue weighted by Gasteiger charge is 2.16. The molecule has 1 aliphatic rings. The lowest BCUT2D eigenvalue weighted by molar-refractivity contribution is 0.476. The second-order valence-corrected chi connectivity index (χ2v) is 6.12. The molecule has 0 spiro atoms. The van der Waals surface area contributed by atoms with Crippen LogP contribution in [0.3, 0.4) is 0 Å². The van der Waals surface area contributed by atoms with Gasteiger partial charge in [0.05, 0.1) is 12.2 Å². The van der Waals surface area contributed by atoms with Crippen molar-refractivity contribution in [3.8, 4) is 17.2 Å². The zero-order valence-corrected chi connectivity index (χ0v) is 13.2. The quantitative estimate of drug-likeness (QED) is 0.755. The minimum atomic E-state index is 0.871. The number of hydrogen-bond donors (Lipinski definition) is 1. The number of thioether (sulfide) groups is 1. The fourth-order valence-corrected chi connectivity index (χ4v) is 3.15. The molecule has 3 aromatic rings. The Labute approximate surface area is 133 Å². The molecule has 22 heavy (non-hydrogen) atoms. The van der Waals surface area contributed by atoms with Gasteiger partial charge in [0.15, 0.2) is 5.82 Å². The van der Waals surface area contributed by atoms with E-state index < -0.39 is 0 Å². The highest BCUT2D eigenvalue weighted by molar-refractivity contribution is 7.98. The molecule has 0 amide bonds. The molecule has 2 aromatic heterocycles. The molecular weight excluding hydrogens is 294 g/mol. The Morgan fingerprint density at radius 1 is 1.23 bits per heavy atom. The molecule has 1 aliphatic heterocycles. The third kappa shape index (κ3) is 2.34. The van der Waals surface area contributed by atoms with E-state index >= 15 is 0 Å². The molecule has 3 heterocycles. The van der Waals surface area contributed by atoms with Crippen molar-refractivity contribution < 1.29 is 0 Å². The Balaban J connectivity index is 1.74. The van der Waals surface area contributed by atoms with Crippen molar-refractivity contribution in [3.05, 3.63) is 48.4 Å². The Morgan fingerprint density at radius 2 is 2.09 bits per heavy atom. The molecule has 4 rings (SSSR count). The minimum absolute atomic E-state index is 0.871. The molecular formula is C16H17N5S. The number of hydrogen-bond acceptors (Lipinski definition) is 4. The molecule has 0 saturated heterocycles. The summed E-state index contributed by atoms with van der Waals surface area (Å²) < 4.78 is 4.16. The van der Waals surface area contributed by atoms with Crippen LogP contribution in [0, 0.1) is 0 Å². The molecule has 1 N–H and O–H groups in total. The van der Waals surface area contributed by atoms with Crippen molar-refractivity contribution in [1.29, 1.82) is 0 Å². The van der Waals surface area contributed by atoms with Gasteiger partial charge in [-0.3, -0.25) is 9.25 Å². The summed E-state index contributed by atoms with van der Waals surface area (Å²) in [6.45, 7) is 2.76. The van der Waals surface area contributed by atoms with Gasteiger partial charge in [0.1, 0.15) is 5.69 Å². The number of nitrogens with zero attached hydrogens (tertiary/aromatic N) is 4. The van der Waals surface area contributed by atoms with Crippen LogP contribution in [0.15, 0.2) is 47.6 Å². The fourth-order valence-electron chi connectivity index (χ4n) is 2.75. The van der Waals surface area contributed by atoms with Gasteiger partial charge in [-0.1, -0.05) is 0 Å². The molecule has 0 fully saturated rings. The molecule has 112 valence electrons. The first-order valence-corrected chi connectivity index (χ1v) is 8.53. The van der Waals surface area contributed by atoms with Gasteiger partial charge < -0.3 is 5.32 Å².